The van der Waals surface area contributed by atoms with Gasteiger partial charge in [0.25, 0.3) is 0 Å². The van der Waals surface area contributed by atoms with Crippen molar-refractivity contribution in [3.05, 3.63) is 0 Å². The van der Waals surface area contributed by atoms with Crippen molar-refractivity contribution in [3.8, 4) is 0 Å². The van der Waals surface area contributed by atoms with Crippen molar-refractivity contribution < 1.29 is 24.5 Å². The van der Waals surface area contributed by atoms with E-state index in [0.717, 1.165) is 44.9 Å². The van der Waals surface area contributed by atoms with Gasteiger partial charge in [-0.1, -0.05) is 233 Å². The van der Waals surface area contributed by atoms with E-state index in [2.05, 4.69) is 26.1 Å². The summed E-state index contributed by atoms with van der Waals surface area (Å²) in [7, 11) is 0. The molecule has 0 aromatic rings. The van der Waals surface area contributed by atoms with Crippen LogP contribution in [0.25, 0.3) is 0 Å². The summed E-state index contributed by atoms with van der Waals surface area (Å²) >= 11 is 0. The third-order valence-corrected chi connectivity index (χ3v) is 11.4. The van der Waals surface area contributed by atoms with Gasteiger partial charge >= 0.3 is 5.97 Å². The smallest absolute Gasteiger partial charge is 0.306 e. The maximum Gasteiger partial charge on any atom is 0.306 e. The standard InChI is InChI=1S/C48H95NO5/c1-4-7-10-13-16-19-21-22-23-24-25-26-27-28-31-34-37-40-46(51)45(43-50)49-47(52)42-44(39-36-33-30-18-15-12-9-6-3)54-48(53)41-38-35-32-29-20-17-14-11-8-5-2/h44-46,50-51H,4-43H2,1-3H3,(H,49,52). The molecular weight excluding hydrogens is 671 g/mol. The van der Waals surface area contributed by atoms with E-state index in [1.54, 1.807) is 0 Å². The van der Waals surface area contributed by atoms with Crippen molar-refractivity contribution in [2.75, 3.05) is 6.61 Å². The van der Waals surface area contributed by atoms with Crippen LogP contribution in [-0.4, -0.2) is 46.9 Å². The summed E-state index contributed by atoms with van der Waals surface area (Å²) < 4.78 is 5.88. The van der Waals surface area contributed by atoms with Gasteiger partial charge in [0.1, 0.15) is 6.10 Å². The average Bonchev–Trinajstić information content (AvgIpc) is 3.16. The third kappa shape index (κ3) is 37.8. The van der Waals surface area contributed by atoms with Crippen LogP contribution in [0.5, 0.6) is 0 Å². The normalized spacial score (nSPS) is 13.2. The van der Waals surface area contributed by atoms with Crippen molar-refractivity contribution in [2.45, 2.75) is 289 Å². The van der Waals surface area contributed by atoms with Gasteiger partial charge in [0.2, 0.25) is 5.91 Å². The van der Waals surface area contributed by atoms with E-state index >= 15 is 0 Å². The predicted octanol–water partition coefficient (Wildman–Crippen LogP) is 14.0. The number of aliphatic hydroxyl groups is 2. The molecule has 0 aromatic heterocycles. The molecule has 0 bridgehead atoms. The molecule has 0 aliphatic rings. The van der Waals surface area contributed by atoms with Crippen LogP contribution in [0.3, 0.4) is 0 Å². The number of hydrogen-bond acceptors (Lipinski definition) is 5. The molecule has 3 atom stereocenters. The zero-order valence-electron chi connectivity index (χ0n) is 36.6. The Kier molecular flexibility index (Phi) is 42.1. The summed E-state index contributed by atoms with van der Waals surface area (Å²) in [5.74, 6) is -0.462. The van der Waals surface area contributed by atoms with E-state index in [1.807, 2.05) is 0 Å². The first-order valence-corrected chi connectivity index (χ1v) is 24.3. The Morgan fingerprint density at radius 2 is 0.778 bits per heavy atom. The first-order chi connectivity index (χ1) is 26.5. The van der Waals surface area contributed by atoms with Gasteiger partial charge in [0.15, 0.2) is 0 Å². The van der Waals surface area contributed by atoms with E-state index in [9.17, 15) is 19.8 Å². The van der Waals surface area contributed by atoms with E-state index in [4.69, 9.17) is 4.74 Å². The molecule has 3 N–H and O–H groups in total. The molecule has 0 aliphatic heterocycles. The Hall–Kier alpha value is -1.14. The van der Waals surface area contributed by atoms with E-state index in [-0.39, 0.29) is 24.9 Å². The first kappa shape index (κ1) is 52.9. The molecule has 0 saturated heterocycles. The van der Waals surface area contributed by atoms with Crippen molar-refractivity contribution in [1.29, 1.82) is 0 Å². The van der Waals surface area contributed by atoms with E-state index in [1.165, 1.54) is 180 Å². The summed E-state index contributed by atoms with van der Waals surface area (Å²) in [5.41, 5.74) is 0. The number of amides is 1. The van der Waals surface area contributed by atoms with Crippen LogP contribution in [0, 0.1) is 0 Å². The van der Waals surface area contributed by atoms with Gasteiger partial charge in [-0.2, -0.15) is 0 Å². The topological polar surface area (TPSA) is 95.9 Å². The molecule has 6 heteroatoms. The Balaban J connectivity index is 4.34. The summed E-state index contributed by atoms with van der Waals surface area (Å²) in [6.45, 7) is 6.47. The molecule has 0 saturated carbocycles. The number of esters is 1. The fourth-order valence-electron chi connectivity index (χ4n) is 7.73. The van der Waals surface area contributed by atoms with E-state index < -0.39 is 18.2 Å². The number of nitrogens with one attached hydrogen (secondary N) is 1. The van der Waals surface area contributed by atoms with Gasteiger partial charge in [0, 0.05) is 6.42 Å². The van der Waals surface area contributed by atoms with Gasteiger partial charge in [-0.05, 0) is 25.7 Å². The van der Waals surface area contributed by atoms with Gasteiger partial charge in [-0.15, -0.1) is 0 Å². The molecule has 3 unspecified atom stereocenters. The maximum absolute atomic E-state index is 13.1. The van der Waals surface area contributed by atoms with Crippen LogP contribution < -0.4 is 5.32 Å². The highest BCUT2D eigenvalue weighted by molar-refractivity contribution is 5.77. The Morgan fingerprint density at radius 1 is 0.463 bits per heavy atom. The van der Waals surface area contributed by atoms with Crippen LogP contribution in [0.4, 0.5) is 0 Å². The number of ether oxygens (including phenoxy) is 1. The quantitative estimate of drug-likeness (QED) is 0.0424. The highest BCUT2D eigenvalue weighted by atomic mass is 16.5. The second-order valence-corrected chi connectivity index (χ2v) is 16.9. The largest absolute Gasteiger partial charge is 0.462 e. The number of hydrogen-bond donors (Lipinski definition) is 3. The number of carbonyl (C=O) groups is 2. The van der Waals surface area contributed by atoms with Gasteiger partial charge < -0.3 is 20.3 Å². The minimum absolute atomic E-state index is 0.0859. The SMILES string of the molecule is CCCCCCCCCCCCCCCCCCCC(O)C(CO)NC(=O)CC(CCCCCCCCCC)OC(=O)CCCCCCCCCCCC. The molecule has 0 radical (unpaired) electrons. The molecule has 1 amide bonds. The van der Waals surface area contributed by atoms with Gasteiger partial charge in [0.05, 0.1) is 25.2 Å². The number of carbonyl (C=O) groups excluding carboxylic acids is 2. The summed E-state index contributed by atoms with van der Waals surface area (Å²) in [6, 6.07) is -0.690. The maximum atomic E-state index is 13.1. The second kappa shape index (κ2) is 43.0. The highest BCUT2D eigenvalue weighted by Crippen LogP contribution is 2.18. The summed E-state index contributed by atoms with van der Waals surface area (Å²) in [4.78, 5) is 25.9. The third-order valence-electron chi connectivity index (χ3n) is 11.4. The number of unbranched alkanes of at least 4 members (excludes halogenated alkanes) is 32. The molecular formula is C48H95NO5. The molecule has 6 nitrogen and oxygen atoms in total. The minimum Gasteiger partial charge on any atom is -0.462 e. The lowest BCUT2D eigenvalue weighted by atomic mass is 10.0. The van der Waals surface area contributed by atoms with Crippen LogP contribution in [-0.2, 0) is 14.3 Å². The molecule has 0 aliphatic carbocycles. The monoisotopic (exact) mass is 766 g/mol. The lowest BCUT2D eigenvalue weighted by Crippen LogP contribution is -2.46. The first-order valence-electron chi connectivity index (χ1n) is 24.3. The highest BCUT2D eigenvalue weighted by Gasteiger charge is 2.24. The minimum atomic E-state index is -0.777. The fraction of sp³-hybridized carbons (Fsp3) is 0.958. The van der Waals surface area contributed by atoms with Crippen LogP contribution in [0.15, 0.2) is 0 Å². The zero-order chi connectivity index (χ0) is 39.6. The van der Waals surface area contributed by atoms with Crippen LogP contribution in [0.2, 0.25) is 0 Å². The molecule has 0 aromatic carbocycles. The Labute approximate surface area is 336 Å². The number of aliphatic hydroxyl groups excluding tert-OH is 2. The van der Waals surface area contributed by atoms with Crippen molar-refractivity contribution >= 4 is 11.9 Å². The lowest BCUT2D eigenvalue weighted by molar-refractivity contribution is -0.151. The predicted molar refractivity (Wildman–Crippen MR) is 232 cm³/mol. The van der Waals surface area contributed by atoms with Crippen molar-refractivity contribution in [2.24, 2.45) is 0 Å². The Morgan fingerprint density at radius 3 is 1.13 bits per heavy atom. The van der Waals surface area contributed by atoms with Crippen molar-refractivity contribution in [3.63, 3.8) is 0 Å². The van der Waals surface area contributed by atoms with Crippen LogP contribution >= 0.6 is 0 Å². The zero-order valence-corrected chi connectivity index (χ0v) is 36.6. The molecule has 322 valence electrons. The van der Waals surface area contributed by atoms with Crippen molar-refractivity contribution in [1.82, 2.24) is 5.32 Å². The van der Waals surface area contributed by atoms with E-state index in [0.29, 0.717) is 19.3 Å². The van der Waals surface area contributed by atoms with Gasteiger partial charge in [-0.25, -0.2) is 0 Å². The lowest BCUT2D eigenvalue weighted by Gasteiger charge is -2.24. The summed E-state index contributed by atoms with van der Waals surface area (Å²) in [6.07, 6.45) is 44.6. The average molecular weight is 766 g/mol. The molecule has 0 fully saturated rings. The second-order valence-electron chi connectivity index (χ2n) is 16.9. The summed E-state index contributed by atoms with van der Waals surface area (Å²) in [5, 5.41) is 23.7. The molecule has 0 rings (SSSR count). The molecule has 54 heavy (non-hydrogen) atoms. The van der Waals surface area contributed by atoms with Gasteiger partial charge in [-0.3, -0.25) is 9.59 Å². The molecule has 0 spiro atoms. The molecule has 0 heterocycles. The van der Waals surface area contributed by atoms with Crippen LogP contribution in [0.1, 0.15) is 271 Å². The Bertz CT molecular complexity index is 776. The fourth-order valence-corrected chi connectivity index (χ4v) is 7.73. The number of rotatable bonds is 44.